The fourth-order valence-electron chi connectivity index (χ4n) is 2.22. The van der Waals surface area contributed by atoms with Crippen LogP contribution in [0.2, 0.25) is 0 Å². The minimum absolute atomic E-state index is 0.0299. The van der Waals surface area contributed by atoms with Crippen molar-refractivity contribution in [3.05, 3.63) is 59.2 Å². The van der Waals surface area contributed by atoms with Crippen LogP contribution in [0.4, 0.5) is 4.39 Å². The van der Waals surface area contributed by atoms with Crippen molar-refractivity contribution < 1.29 is 4.39 Å². The summed E-state index contributed by atoms with van der Waals surface area (Å²) >= 11 is 0. The van der Waals surface area contributed by atoms with Gasteiger partial charge in [-0.05, 0) is 25.1 Å². The summed E-state index contributed by atoms with van der Waals surface area (Å²) < 4.78 is 17.0. The van der Waals surface area contributed by atoms with Crippen molar-refractivity contribution in [2.24, 2.45) is 0 Å². The first-order valence-corrected chi connectivity index (χ1v) is 6.29. The number of hydrogen-bond acceptors (Lipinski definition) is 3. The highest BCUT2D eigenvalue weighted by Gasteiger charge is 2.13. The maximum Gasteiger partial charge on any atom is 0.264 e. The molecule has 5 nitrogen and oxygen atoms in total. The average molecular weight is 272 g/mol. The van der Waals surface area contributed by atoms with E-state index in [4.69, 9.17) is 0 Å². The van der Waals surface area contributed by atoms with E-state index in [1.54, 1.807) is 23.0 Å². The van der Waals surface area contributed by atoms with Crippen molar-refractivity contribution in [1.29, 1.82) is 0 Å². The molecule has 2 aromatic heterocycles. The largest absolute Gasteiger partial charge is 0.294 e. The van der Waals surface area contributed by atoms with Crippen molar-refractivity contribution in [3.8, 4) is 0 Å². The molecule has 2 heterocycles. The highest BCUT2D eigenvalue weighted by Crippen LogP contribution is 2.13. The van der Waals surface area contributed by atoms with E-state index in [2.05, 4.69) is 10.1 Å². The van der Waals surface area contributed by atoms with Gasteiger partial charge < -0.3 is 0 Å². The van der Waals surface area contributed by atoms with Gasteiger partial charge in [-0.15, -0.1) is 0 Å². The number of benzene rings is 1. The summed E-state index contributed by atoms with van der Waals surface area (Å²) in [4.78, 5) is 16.5. The zero-order chi connectivity index (χ0) is 14.1. The monoisotopic (exact) mass is 272 g/mol. The summed E-state index contributed by atoms with van der Waals surface area (Å²) in [6.45, 7) is 2.39. The summed E-state index contributed by atoms with van der Waals surface area (Å²) in [6.07, 6.45) is 4.95. The molecule has 0 saturated carbocycles. The lowest BCUT2D eigenvalue weighted by molar-refractivity contribution is 0.425. The van der Waals surface area contributed by atoms with E-state index >= 15 is 0 Å². The number of fused-ring (bicyclic) bond motifs is 1. The van der Waals surface area contributed by atoms with E-state index in [1.165, 1.54) is 17.0 Å². The van der Waals surface area contributed by atoms with Gasteiger partial charge in [-0.3, -0.25) is 14.0 Å². The maximum atomic E-state index is 13.8. The normalized spacial score (nSPS) is 12.7. The van der Waals surface area contributed by atoms with Gasteiger partial charge in [0.15, 0.2) is 0 Å². The molecular formula is C14H13FN4O. The fraction of sp³-hybridized carbons (Fsp3) is 0.214. The van der Waals surface area contributed by atoms with Crippen LogP contribution in [0.15, 0.2) is 47.8 Å². The molecule has 0 fully saturated rings. The SMILES string of the molecule is C[C@H](Cn1cccn1)n1cnc2cccc(F)c2c1=O. The lowest BCUT2D eigenvalue weighted by atomic mass is 10.2. The smallest absolute Gasteiger partial charge is 0.264 e. The summed E-state index contributed by atoms with van der Waals surface area (Å²) in [7, 11) is 0. The van der Waals surface area contributed by atoms with E-state index in [1.807, 2.05) is 19.2 Å². The maximum absolute atomic E-state index is 13.8. The van der Waals surface area contributed by atoms with E-state index in [0.29, 0.717) is 12.1 Å². The molecule has 3 aromatic rings. The Hall–Kier alpha value is -2.50. The van der Waals surface area contributed by atoms with Gasteiger partial charge in [0.1, 0.15) is 11.2 Å². The van der Waals surface area contributed by atoms with E-state index in [0.717, 1.165) is 0 Å². The Morgan fingerprint density at radius 3 is 2.95 bits per heavy atom. The minimum atomic E-state index is -0.541. The first-order valence-electron chi connectivity index (χ1n) is 6.29. The van der Waals surface area contributed by atoms with Gasteiger partial charge in [0.2, 0.25) is 0 Å². The highest BCUT2D eigenvalue weighted by atomic mass is 19.1. The van der Waals surface area contributed by atoms with Crippen molar-refractivity contribution in [1.82, 2.24) is 19.3 Å². The molecule has 20 heavy (non-hydrogen) atoms. The van der Waals surface area contributed by atoms with Gasteiger partial charge in [-0.2, -0.15) is 5.10 Å². The Balaban J connectivity index is 2.06. The molecule has 0 spiro atoms. The average Bonchev–Trinajstić information content (AvgIpc) is 2.91. The third-order valence-electron chi connectivity index (χ3n) is 3.25. The Morgan fingerprint density at radius 1 is 1.35 bits per heavy atom. The number of hydrogen-bond donors (Lipinski definition) is 0. The Bertz CT molecular complexity index is 795. The second-order valence-electron chi connectivity index (χ2n) is 4.67. The first kappa shape index (κ1) is 12.5. The Labute approximate surface area is 114 Å². The number of nitrogens with zero attached hydrogens (tertiary/aromatic N) is 4. The van der Waals surface area contributed by atoms with Crippen LogP contribution in [0.1, 0.15) is 13.0 Å². The van der Waals surface area contributed by atoms with Crippen LogP contribution < -0.4 is 5.56 Å². The first-order chi connectivity index (χ1) is 9.66. The molecular weight excluding hydrogens is 259 g/mol. The standard InChI is InChI=1S/C14H13FN4O/c1-10(8-18-7-3-6-17-18)19-9-16-12-5-2-4-11(15)13(12)14(19)20/h2-7,9-10H,8H2,1H3/t10-/m1/s1. The van der Waals surface area contributed by atoms with E-state index in [9.17, 15) is 9.18 Å². The van der Waals surface area contributed by atoms with Crippen molar-refractivity contribution >= 4 is 10.9 Å². The molecule has 1 atom stereocenters. The van der Waals surface area contributed by atoms with E-state index < -0.39 is 5.82 Å². The van der Waals surface area contributed by atoms with E-state index in [-0.39, 0.29) is 17.0 Å². The molecule has 6 heteroatoms. The van der Waals surface area contributed by atoms with Crippen LogP contribution in [0, 0.1) is 5.82 Å². The Morgan fingerprint density at radius 2 is 2.20 bits per heavy atom. The van der Waals surface area contributed by atoms with Crippen molar-refractivity contribution in [2.45, 2.75) is 19.5 Å². The lowest BCUT2D eigenvalue weighted by Gasteiger charge is -2.15. The molecule has 0 aliphatic heterocycles. The molecule has 0 unspecified atom stereocenters. The number of aromatic nitrogens is 4. The van der Waals surface area contributed by atoms with Crippen molar-refractivity contribution in [3.63, 3.8) is 0 Å². The summed E-state index contributed by atoms with van der Waals surface area (Å²) in [5.74, 6) is -0.541. The summed E-state index contributed by atoms with van der Waals surface area (Å²) in [6, 6.07) is 6.09. The second kappa shape index (κ2) is 4.88. The second-order valence-corrected chi connectivity index (χ2v) is 4.67. The molecule has 0 radical (unpaired) electrons. The quantitative estimate of drug-likeness (QED) is 0.732. The minimum Gasteiger partial charge on any atom is -0.294 e. The van der Waals surface area contributed by atoms with Crippen LogP contribution in [-0.4, -0.2) is 19.3 Å². The molecule has 1 aromatic carbocycles. The van der Waals surface area contributed by atoms with Gasteiger partial charge in [-0.25, -0.2) is 9.37 Å². The summed E-state index contributed by atoms with van der Waals surface area (Å²) in [5.41, 5.74) is 0.00490. The predicted molar refractivity (Wildman–Crippen MR) is 72.9 cm³/mol. The fourth-order valence-corrected chi connectivity index (χ4v) is 2.22. The zero-order valence-electron chi connectivity index (χ0n) is 10.9. The van der Waals surface area contributed by atoms with Crippen LogP contribution in [-0.2, 0) is 6.54 Å². The molecule has 0 saturated heterocycles. The van der Waals surface area contributed by atoms with Gasteiger partial charge in [0.05, 0.1) is 24.4 Å². The molecule has 0 aliphatic rings. The predicted octanol–water partition coefficient (Wildman–Crippen LogP) is 1.99. The third-order valence-corrected chi connectivity index (χ3v) is 3.25. The molecule has 0 amide bonds. The van der Waals surface area contributed by atoms with Crippen LogP contribution in [0.3, 0.4) is 0 Å². The van der Waals surface area contributed by atoms with Crippen LogP contribution in [0.25, 0.3) is 10.9 Å². The molecule has 3 rings (SSSR count). The molecule has 0 N–H and O–H groups in total. The van der Waals surface area contributed by atoms with Gasteiger partial charge in [0, 0.05) is 12.4 Å². The van der Waals surface area contributed by atoms with Gasteiger partial charge in [-0.1, -0.05) is 6.07 Å². The van der Waals surface area contributed by atoms with Gasteiger partial charge in [0.25, 0.3) is 5.56 Å². The zero-order valence-corrected chi connectivity index (χ0v) is 10.9. The highest BCUT2D eigenvalue weighted by molar-refractivity contribution is 5.77. The van der Waals surface area contributed by atoms with Crippen LogP contribution >= 0.6 is 0 Å². The molecule has 102 valence electrons. The lowest BCUT2D eigenvalue weighted by Crippen LogP contribution is -2.27. The van der Waals surface area contributed by atoms with Crippen LogP contribution in [0.5, 0.6) is 0 Å². The third kappa shape index (κ3) is 2.09. The molecule has 0 bridgehead atoms. The van der Waals surface area contributed by atoms with Gasteiger partial charge >= 0.3 is 0 Å². The Kier molecular flexibility index (Phi) is 3.06. The van der Waals surface area contributed by atoms with Crippen molar-refractivity contribution in [2.75, 3.05) is 0 Å². The molecule has 0 aliphatic carbocycles. The number of rotatable bonds is 3. The topological polar surface area (TPSA) is 52.7 Å². The number of halogens is 1. The summed E-state index contributed by atoms with van der Waals surface area (Å²) in [5, 5.41) is 4.13.